The molecule has 1 aromatic heterocycles. The Hall–Kier alpha value is -0.610. The van der Waals surface area contributed by atoms with Crippen LogP contribution in [0.5, 0.6) is 0 Å². The Bertz CT molecular complexity index is 337. The van der Waals surface area contributed by atoms with Gasteiger partial charge in [0.2, 0.25) is 0 Å². The number of nitrogens with two attached hydrogens (primary N) is 1. The van der Waals surface area contributed by atoms with Crippen LogP contribution in [0, 0.1) is 12.8 Å². The number of rotatable bonds is 2. The van der Waals surface area contributed by atoms with Crippen molar-refractivity contribution in [2.24, 2.45) is 11.7 Å². The highest BCUT2D eigenvalue weighted by atomic mass is 32.1. The van der Waals surface area contributed by atoms with E-state index in [2.05, 4.69) is 23.7 Å². The Kier molecular flexibility index (Phi) is 3.82. The van der Waals surface area contributed by atoms with Gasteiger partial charge in [0, 0.05) is 23.7 Å². The fourth-order valence-electron chi connectivity index (χ4n) is 2.45. The molecule has 16 heavy (non-hydrogen) atoms. The van der Waals surface area contributed by atoms with E-state index in [0.29, 0.717) is 12.0 Å². The van der Waals surface area contributed by atoms with E-state index in [4.69, 9.17) is 5.73 Å². The standard InChI is InChI=1S/C12H21N3S/c1-9-8-14-12(16-9)15-6-4-3-5-11(7-13)10(15)2/h8,10-11H,3-7,13H2,1-2H3/t10-,11-/m1/s1. The van der Waals surface area contributed by atoms with Crippen LogP contribution in [0.1, 0.15) is 31.1 Å². The van der Waals surface area contributed by atoms with Crippen molar-refractivity contribution in [3.05, 3.63) is 11.1 Å². The highest BCUT2D eigenvalue weighted by molar-refractivity contribution is 7.15. The highest BCUT2D eigenvalue weighted by Gasteiger charge is 2.26. The van der Waals surface area contributed by atoms with Crippen LogP contribution in [0.4, 0.5) is 5.13 Å². The molecule has 0 aliphatic carbocycles. The number of anilines is 1. The lowest BCUT2D eigenvalue weighted by Crippen LogP contribution is -2.40. The number of aryl methyl sites for hydroxylation is 1. The average molecular weight is 239 g/mol. The Morgan fingerprint density at radius 2 is 2.38 bits per heavy atom. The SMILES string of the molecule is Cc1cnc(N2CCCC[C@H](CN)[C@H]2C)s1. The van der Waals surface area contributed by atoms with Crippen molar-refractivity contribution in [2.45, 2.75) is 39.2 Å². The molecule has 0 spiro atoms. The molecule has 2 atom stereocenters. The first-order valence-corrected chi connectivity index (χ1v) is 6.93. The molecule has 0 unspecified atom stereocenters. The van der Waals surface area contributed by atoms with Gasteiger partial charge in [0.15, 0.2) is 5.13 Å². The monoisotopic (exact) mass is 239 g/mol. The summed E-state index contributed by atoms with van der Waals surface area (Å²) >= 11 is 1.79. The van der Waals surface area contributed by atoms with Crippen LogP contribution >= 0.6 is 11.3 Å². The number of aromatic nitrogens is 1. The van der Waals surface area contributed by atoms with Crippen molar-refractivity contribution >= 4 is 16.5 Å². The molecule has 0 amide bonds. The van der Waals surface area contributed by atoms with Gasteiger partial charge in [-0.1, -0.05) is 6.42 Å². The highest BCUT2D eigenvalue weighted by Crippen LogP contribution is 2.30. The molecule has 90 valence electrons. The van der Waals surface area contributed by atoms with E-state index in [1.807, 2.05) is 6.20 Å². The van der Waals surface area contributed by atoms with Gasteiger partial charge in [-0.15, -0.1) is 11.3 Å². The lowest BCUT2D eigenvalue weighted by atomic mass is 9.96. The molecule has 0 aromatic carbocycles. The van der Waals surface area contributed by atoms with Crippen LogP contribution in [-0.4, -0.2) is 24.1 Å². The Labute approximate surface area is 102 Å². The number of hydrogen-bond acceptors (Lipinski definition) is 4. The summed E-state index contributed by atoms with van der Waals surface area (Å²) in [6.45, 7) is 6.33. The van der Waals surface area contributed by atoms with Crippen molar-refractivity contribution in [2.75, 3.05) is 18.0 Å². The van der Waals surface area contributed by atoms with E-state index in [0.717, 1.165) is 13.1 Å². The molecule has 2 rings (SSSR count). The second kappa shape index (κ2) is 5.15. The number of hydrogen-bond donors (Lipinski definition) is 1. The normalized spacial score (nSPS) is 26.8. The third kappa shape index (κ3) is 2.38. The predicted molar refractivity (Wildman–Crippen MR) is 70.1 cm³/mol. The fourth-order valence-corrected chi connectivity index (χ4v) is 3.32. The smallest absolute Gasteiger partial charge is 0.185 e. The first kappa shape index (κ1) is 11.9. The molecular formula is C12H21N3S. The topological polar surface area (TPSA) is 42.2 Å². The van der Waals surface area contributed by atoms with Gasteiger partial charge in [-0.25, -0.2) is 4.98 Å². The molecule has 1 aromatic rings. The summed E-state index contributed by atoms with van der Waals surface area (Å²) in [5, 5.41) is 1.17. The summed E-state index contributed by atoms with van der Waals surface area (Å²) < 4.78 is 0. The second-order valence-corrected chi connectivity index (χ2v) is 5.89. The summed E-state index contributed by atoms with van der Waals surface area (Å²) in [5.74, 6) is 0.617. The van der Waals surface area contributed by atoms with Gasteiger partial charge in [0.1, 0.15) is 0 Å². The molecule has 0 radical (unpaired) electrons. The second-order valence-electron chi connectivity index (χ2n) is 4.68. The molecular weight excluding hydrogens is 218 g/mol. The van der Waals surface area contributed by atoms with E-state index in [1.165, 1.54) is 29.3 Å². The molecule has 1 aliphatic heterocycles. The largest absolute Gasteiger partial charge is 0.345 e. The van der Waals surface area contributed by atoms with Gasteiger partial charge in [-0.05, 0) is 39.2 Å². The van der Waals surface area contributed by atoms with E-state index in [1.54, 1.807) is 11.3 Å². The maximum atomic E-state index is 5.86. The van der Waals surface area contributed by atoms with Gasteiger partial charge in [0.05, 0.1) is 0 Å². The van der Waals surface area contributed by atoms with Gasteiger partial charge in [-0.3, -0.25) is 0 Å². The molecule has 1 saturated heterocycles. The van der Waals surface area contributed by atoms with Gasteiger partial charge in [0.25, 0.3) is 0 Å². The van der Waals surface area contributed by atoms with Crippen molar-refractivity contribution in [3.63, 3.8) is 0 Å². The number of thiazole rings is 1. The van der Waals surface area contributed by atoms with Gasteiger partial charge in [-0.2, -0.15) is 0 Å². The number of nitrogens with zero attached hydrogens (tertiary/aromatic N) is 2. The Morgan fingerprint density at radius 3 is 3.00 bits per heavy atom. The van der Waals surface area contributed by atoms with Crippen LogP contribution < -0.4 is 10.6 Å². The van der Waals surface area contributed by atoms with Crippen LogP contribution in [-0.2, 0) is 0 Å². The molecule has 4 heteroatoms. The third-order valence-corrected chi connectivity index (χ3v) is 4.51. The summed E-state index contributed by atoms with van der Waals surface area (Å²) in [7, 11) is 0. The summed E-state index contributed by atoms with van der Waals surface area (Å²) in [6.07, 6.45) is 5.79. The van der Waals surface area contributed by atoms with Crippen LogP contribution in [0.2, 0.25) is 0 Å². The maximum absolute atomic E-state index is 5.86. The zero-order valence-corrected chi connectivity index (χ0v) is 11.0. The molecule has 1 fully saturated rings. The molecule has 0 bridgehead atoms. The molecule has 1 aliphatic rings. The van der Waals surface area contributed by atoms with Crippen molar-refractivity contribution in [3.8, 4) is 0 Å². The van der Waals surface area contributed by atoms with Crippen molar-refractivity contribution < 1.29 is 0 Å². The first-order valence-electron chi connectivity index (χ1n) is 6.11. The van der Waals surface area contributed by atoms with Crippen molar-refractivity contribution in [1.82, 2.24) is 4.98 Å². The first-order chi connectivity index (χ1) is 7.72. The lowest BCUT2D eigenvalue weighted by molar-refractivity contribution is 0.423. The van der Waals surface area contributed by atoms with Crippen LogP contribution in [0.3, 0.4) is 0 Å². The summed E-state index contributed by atoms with van der Waals surface area (Å²) in [5.41, 5.74) is 5.86. The minimum Gasteiger partial charge on any atom is -0.345 e. The van der Waals surface area contributed by atoms with Crippen molar-refractivity contribution in [1.29, 1.82) is 0 Å². The minimum absolute atomic E-state index is 0.526. The predicted octanol–water partition coefficient (Wildman–Crippen LogP) is 2.41. The zero-order valence-electron chi connectivity index (χ0n) is 10.1. The van der Waals surface area contributed by atoms with E-state index >= 15 is 0 Å². The average Bonchev–Trinajstić information content (AvgIpc) is 2.60. The van der Waals surface area contributed by atoms with Gasteiger partial charge < -0.3 is 10.6 Å². The van der Waals surface area contributed by atoms with Crippen LogP contribution in [0.25, 0.3) is 0 Å². The summed E-state index contributed by atoms with van der Waals surface area (Å²) in [6, 6.07) is 0.526. The summed E-state index contributed by atoms with van der Waals surface area (Å²) in [4.78, 5) is 8.24. The zero-order chi connectivity index (χ0) is 11.5. The fraction of sp³-hybridized carbons (Fsp3) is 0.750. The molecule has 3 nitrogen and oxygen atoms in total. The molecule has 2 N–H and O–H groups in total. The Morgan fingerprint density at radius 1 is 1.56 bits per heavy atom. The molecule has 0 saturated carbocycles. The quantitative estimate of drug-likeness (QED) is 0.861. The van der Waals surface area contributed by atoms with Crippen LogP contribution in [0.15, 0.2) is 6.20 Å². The van der Waals surface area contributed by atoms with Gasteiger partial charge >= 0.3 is 0 Å². The van der Waals surface area contributed by atoms with E-state index in [9.17, 15) is 0 Å². The van der Waals surface area contributed by atoms with E-state index < -0.39 is 0 Å². The maximum Gasteiger partial charge on any atom is 0.185 e. The minimum atomic E-state index is 0.526. The lowest BCUT2D eigenvalue weighted by Gasteiger charge is -2.31. The molecule has 2 heterocycles. The third-order valence-electron chi connectivity index (χ3n) is 3.56. The van der Waals surface area contributed by atoms with E-state index in [-0.39, 0.29) is 0 Å². The Balaban J connectivity index is 2.18.